The summed E-state index contributed by atoms with van der Waals surface area (Å²) < 4.78 is 10.7. The molecule has 0 unspecified atom stereocenters. The molecule has 0 aromatic heterocycles. The second-order valence-electron chi connectivity index (χ2n) is 7.94. The summed E-state index contributed by atoms with van der Waals surface area (Å²) in [5, 5.41) is 0. The second-order valence-corrected chi connectivity index (χ2v) is 7.94. The third kappa shape index (κ3) is 6.16. The third-order valence-electron chi connectivity index (χ3n) is 3.31. The minimum atomic E-state index is -1.03. The number of carbonyl (C=O) groups is 3. The lowest BCUT2D eigenvalue weighted by Crippen LogP contribution is -2.42. The lowest BCUT2D eigenvalue weighted by molar-refractivity contribution is -0.177. The Balaban J connectivity index is 2.96. The Labute approximate surface area is 132 Å². The van der Waals surface area contributed by atoms with Crippen LogP contribution in [0.3, 0.4) is 0 Å². The fraction of sp³-hybridized carbons (Fsp3) is 0.824. The van der Waals surface area contributed by atoms with Crippen LogP contribution in [0.2, 0.25) is 0 Å². The molecule has 5 heteroatoms. The molecule has 126 valence electrons. The number of hydrogen-bond acceptors (Lipinski definition) is 5. The van der Waals surface area contributed by atoms with Gasteiger partial charge in [-0.2, -0.15) is 0 Å². The van der Waals surface area contributed by atoms with E-state index in [1.165, 1.54) is 0 Å². The van der Waals surface area contributed by atoms with Crippen molar-refractivity contribution in [3.8, 4) is 0 Å². The molecule has 1 aliphatic carbocycles. The number of ether oxygens (including phenoxy) is 2. The van der Waals surface area contributed by atoms with E-state index in [-0.39, 0.29) is 18.1 Å². The smallest absolute Gasteiger partial charge is 0.321 e. The molecule has 0 heterocycles. The summed E-state index contributed by atoms with van der Waals surface area (Å²) in [5.41, 5.74) is -1.37. The van der Waals surface area contributed by atoms with Crippen LogP contribution in [0.5, 0.6) is 0 Å². The van der Waals surface area contributed by atoms with E-state index in [1.807, 2.05) is 0 Å². The molecule has 1 fully saturated rings. The first-order valence-electron chi connectivity index (χ1n) is 7.86. The van der Waals surface area contributed by atoms with Crippen LogP contribution < -0.4 is 0 Å². The fourth-order valence-corrected chi connectivity index (χ4v) is 2.55. The quantitative estimate of drug-likeness (QED) is 0.592. The Hall–Kier alpha value is -1.39. The zero-order valence-corrected chi connectivity index (χ0v) is 14.5. The number of esters is 2. The van der Waals surface area contributed by atoms with Gasteiger partial charge in [-0.3, -0.25) is 14.4 Å². The van der Waals surface area contributed by atoms with Gasteiger partial charge in [0.05, 0.1) is 0 Å². The topological polar surface area (TPSA) is 69.7 Å². The first-order chi connectivity index (χ1) is 9.89. The summed E-state index contributed by atoms with van der Waals surface area (Å²) in [6, 6.07) is 0. The summed E-state index contributed by atoms with van der Waals surface area (Å²) in [7, 11) is 0. The van der Waals surface area contributed by atoms with Crippen LogP contribution in [0.15, 0.2) is 0 Å². The average Bonchev–Trinajstić information content (AvgIpc) is 2.23. The summed E-state index contributed by atoms with van der Waals surface area (Å²) >= 11 is 0. The van der Waals surface area contributed by atoms with Crippen LogP contribution in [0.4, 0.5) is 0 Å². The Morgan fingerprint density at radius 1 is 1.00 bits per heavy atom. The van der Waals surface area contributed by atoms with Gasteiger partial charge < -0.3 is 9.47 Å². The highest BCUT2D eigenvalue weighted by Crippen LogP contribution is 2.32. The third-order valence-corrected chi connectivity index (χ3v) is 3.31. The molecule has 22 heavy (non-hydrogen) atoms. The normalized spacial score (nSPS) is 20.0. The molecule has 0 saturated heterocycles. The number of rotatable bonds is 3. The highest BCUT2D eigenvalue weighted by atomic mass is 16.6. The Morgan fingerprint density at radius 2 is 1.45 bits per heavy atom. The molecule has 0 N–H and O–H groups in total. The van der Waals surface area contributed by atoms with Crippen LogP contribution in [0.25, 0.3) is 0 Å². The van der Waals surface area contributed by atoms with E-state index >= 15 is 0 Å². The fourth-order valence-electron chi connectivity index (χ4n) is 2.55. The minimum Gasteiger partial charge on any atom is -0.459 e. The van der Waals surface area contributed by atoms with Crippen molar-refractivity contribution in [3.05, 3.63) is 0 Å². The van der Waals surface area contributed by atoms with Crippen LogP contribution in [-0.2, 0) is 23.9 Å². The molecule has 0 aliphatic heterocycles. The van der Waals surface area contributed by atoms with Gasteiger partial charge in [0, 0.05) is 12.8 Å². The molecule has 0 radical (unpaired) electrons. The van der Waals surface area contributed by atoms with Gasteiger partial charge >= 0.3 is 11.9 Å². The average molecular weight is 312 g/mol. The Kier molecular flexibility index (Phi) is 5.76. The summed E-state index contributed by atoms with van der Waals surface area (Å²) in [6.45, 7) is 10.5. The molecule has 5 nitrogen and oxygen atoms in total. The lowest BCUT2D eigenvalue weighted by Gasteiger charge is -2.31. The predicted octanol–water partition coefficient (Wildman–Crippen LogP) is 3.05. The van der Waals surface area contributed by atoms with Gasteiger partial charge in [0.1, 0.15) is 17.0 Å². The molecule has 0 spiro atoms. The number of hydrogen-bond donors (Lipinski definition) is 0. The van der Waals surface area contributed by atoms with E-state index in [9.17, 15) is 14.4 Å². The van der Waals surface area contributed by atoms with Gasteiger partial charge in [-0.05, 0) is 60.3 Å². The summed E-state index contributed by atoms with van der Waals surface area (Å²) in [6.07, 6.45) is 2.12. The molecule has 0 aromatic carbocycles. The predicted molar refractivity (Wildman–Crippen MR) is 82.1 cm³/mol. The maximum absolute atomic E-state index is 12.5. The van der Waals surface area contributed by atoms with Gasteiger partial charge in [0.15, 0.2) is 5.92 Å². The lowest BCUT2D eigenvalue weighted by atomic mass is 9.79. The van der Waals surface area contributed by atoms with Gasteiger partial charge in [-0.15, -0.1) is 0 Å². The zero-order chi connectivity index (χ0) is 17.1. The number of ketones is 1. The monoisotopic (exact) mass is 312 g/mol. The molecule has 1 rings (SSSR count). The van der Waals surface area contributed by atoms with Crippen molar-refractivity contribution >= 4 is 17.7 Å². The van der Waals surface area contributed by atoms with Crippen LogP contribution in [0.1, 0.15) is 67.2 Å². The molecule has 0 aromatic rings. The molecular formula is C17H28O5. The summed E-state index contributed by atoms with van der Waals surface area (Å²) in [5.74, 6) is -2.45. The highest BCUT2D eigenvalue weighted by Gasteiger charge is 2.42. The van der Waals surface area contributed by atoms with E-state index < -0.39 is 29.1 Å². The van der Waals surface area contributed by atoms with Crippen molar-refractivity contribution in [3.63, 3.8) is 0 Å². The van der Waals surface area contributed by atoms with Crippen LogP contribution >= 0.6 is 0 Å². The molecule has 0 amide bonds. The van der Waals surface area contributed by atoms with Crippen molar-refractivity contribution in [2.45, 2.75) is 78.4 Å². The first-order valence-corrected chi connectivity index (χ1v) is 7.86. The summed E-state index contributed by atoms with van der Waals surface area (Å²) in [4.78, 5) is 36.6. The highest BCUT2D eigenvalue weighted by molar-refractivity contribution is 5.96. The van der Waals surface area contributed by atoms with Crippen LogP contribution in [-0.4, -0.2) is 28.9 Å². The maximum atomic E-state index is 12.5. The van der Waals surface area contributed by atoms with Crippen LogP contribution in [0, 0.1) is 11.8 Å². The van der Waals surface area contributed by atoms with Crippen molar-refractivity contribution < 1.29 is 23.9 Å². The molecule has 1 aliphatic rings. The van der Waals surface area contributed by atoms with E-state index in [0.29, 0.717) is 19.3 Å². The first kappa shape index (κ1) is 18.7. The SMILES string of the molecule is CC(C)(C)OC(=O)C(C(=O)OC(C)(C)C)[C@@H]1CCCC(=O)C1. The van der Waals surface area contributed by atoms with Crippen molar-refractivity contribution in [2.75, 3.05) is 0 Å². The Morgan fingerprint density at radius 3 is 1.82 bits per heavy atom. The van der Waals surface area contributed by atoms with Crippen molar-refractivity contribution in [1.82, 2.24) is 0 Å². The van der Waals surface area contributed by atoms with Gasteiger partial charge in [0.2, 0.25) is 0 Å². The maximum Gasteiger partial charge on any atom is 0.321 e. The Bertz CT molecular complexity index is 411. The molecule has 0 bridgehead atoms. The van der Waals surface area contributed by atoms with Gasteiger partial charge in [-0.1, -0.05) is 0 Å². The van der Waals surface area contributed by atoms with Gasteiger partial charge in [0.25, 0.3) is 0 Å². The molecular weight excluding hydrogens is 284 g/mol. The standard InChI is InChI=1S/C17H28O5/c1-16(2,3)21-14(19)13(15(20)22-17(4,5)6)11-8-7-9-12(18)10-11/h11,13H,7-10H2,1-6H3/t11-/m1/s1. The second kappa shape index (κ2) is 6.80. The van der Waals surface area contributed by atoms with E-state index in [4.69, 9.17) is 9.47 Å². The number of Topliss-reactive ketones (excluding diaryl/α,β-unsaturated/α-hetero) is 1. The molecule has 1 saturated carbocycles. The van der Waals surface area contributed by atoms with E-state index in [1.54, 1.807) is 41.5 Å². The minimum absolute atomic E-state index is 0.0911. The zero-order valence-electron chi connectivity index (χ0n) is 14.5. The van der Waals surface area contributed by atoms with E-state index in [2.05, 4.69) is 0 Å². The number of carbonyl (C=O) groups excluding carboxylic acids is 3. The molecule has 1 atom stereocenters. The van der Waals surface area contributed by atoms with Crippen molar-refractivity contribution in [1.29, 1.82) is 0 Å². The van der Waals surface area contributed by atoms with Crippen molar-refractivity contribution in [2.24, 2.45) is 11.8 Å². The van der Waals surface area contributed by atoms with Gasteiger partial charge in [-0.25, -0.2) is 0 Å². The van der Waals surface area contributed by atoms with E-state index in [0.717, 1.165) is 0 Å². The largest absolute Gasteiger partial charge is 0.459 e.